The van der Waals surface area contributed by atoms with Crippen LogP contribution in [-0.4, -0.2) is 0 Å². The summed E-state index contributed by atoms with van der Waals surface area (Å²) in [4.78, 5) is 2.38. The maximum absolute atomic E-state index is 6.33. The van der Waals surface area contributed by atoms with Crippen molar-refractivity contribution in [1.82, 2.24) is 0 Å². The molecule has 0 saturated carbocycles. The number of hydrogen-bond acceptors (Lipinski definition) is 2. The summed E-state index contributed by atoms with van der Waals surface area (Å²) >= 11 is 0. The molecule has 0 fully saturated rings. The molecule has 0 aliphatic rings. The van der Waals surface area contributed by atoms with Gasteiger partial charge in [0.2, 0.25) is 0 Å². The molecule has 0 spiro atoms. The average Bonchev–Trinajstić information content (AvgIpc) is 3.58. The van der Waals surface area contributed by atoms with E-state index in [4.69, 9.17) is 4.42 Å². The van der Waals surface area contributed by atoms with Gasteiger partial charge in [-0.15, -0.1) is 0 Å². The Kier molecular flexibility index (Phi) is 7.22. The number of hydrogen-bond donors (Lipinski definition) is 0. The molecule has 0 N–H and O–H groups in total. The molecule has 0 saturated heterocycles. The molecular formula is C44H31NO. The van der Waals surface area contributed by atoms with Crippen molar-refractivity contribution in [2.75, 3.05) is 4.90 Å². The van der Waals surface area contributed by atoms with Gasteiger partial charge in [-0.3, -0.25) is 0 Å². The third-order valence-corrected chi connectivity index (χ3v) is 8.43. The summed E-state index contributed by atoms with van der Waals surface area (Å²) in [5, 5.41) is 1.09. The summed E-state index contributed by atoms with van der Waals surface area (Å²) in [6, 6.07) is 66.4. The molecule has 8 rings (SSSR count). The van der Waals surface area contributed by atoms with Crippen molar-refractivity contribution in [2.24, 2.45) is 0 Å². The van der Waals surface area contributed by atoms with Crippen molar-refractivity contribution in [2.45, 2.75) is 0 Å². The van der Waals surface area contributed by atoms with Crippen LogP contribution in [0.3, 0.4) is 0 Å². The van der Waals surface area contributed by atoms with E-state index in [2.05, 4.69) is 175 Å². The van der Waals surface area contributed by atoms with E-state index in [-0.39, 0.29) is 0 Å². The van der Waals surface area contributed by atoms with Gasteiger partial charge >= 0.3 is 0 Å². The zero-order valence-corrected chi connectivity index (χ0v) is 25.3. The SMILES string of the molecule is c1ccc(-c2cc(-c3ccccc3)cc(N(c3cccc(-c4cc5ccccc5o4)c3)c3ccccc3-c3ccccc3)c2)cc1. The number of rotatable bonds is 7. The number of nitrogens with zero attached hydrogens (tertiary/aromatic N) is 1. The van der Waals surface area contributed by atoms with Crippen LogP contribution in [0.4, 0.5) is 17.1 Å². The minimum Gasteiger partial charge on any atom is -0.456 e. The van der Waals surface area contributed by atoms with Gasteiger partial charge < -0.3 is 9.32 Å². The molecular weight excluding hydrogens is 558 g/mol. The molecule has 1 aromatic heterocycles. The number of fused-ring (bicyclic) bond motifs is 1. The van der Waals surface area contributed by atoms with Crippen molar-refractivity contribution in [3.63, 3.8) is 0 Å². The van der Waals surface area contributed by atoms with Gasteiger partial charge in [0, 0.05) is 27.9 Å². The van der Waals surface area contributed by atoms with Gasteiger partial charge in [0.25, 0.3) is 0 Å². The standard InChI is InChI=1S/C44H31NO/c1-4-15-32(16-5-1)37-27-38(33-17-6-2-7-18-33)30-40(29-37)45(42-25-12-11-24-41(42)34-19-8-3-9-20-34)39-23-14-22-35(28-39)44-31-36-21-10-13-26-43(36)46-44/h1-31H. The van der Waals surface area contributed by atoms with E-state index < -0.39 is 0 Å². The highest BCUT2D eigenvalue weighted by atomic mass is 16.3. The highest BCUT2D eigenvalue weighted by molar-refractivity contribution is 5.92. The van der Waals surface area contributed by atoms with Crippen molar-refractivity contribution < 1.29 is 4.42 Å². The Hall–Kier alpha value is -6.12. The maximum Gasteiger partial charge on any atom is 0.135 e. The minimum absolute atomic E-state index is 0.849. The molecule has 7 aromatic carbocycles. The first-order chi connectivity index (χ1) is 22.8. The predicted molar refractivity (Wildman–Crippen MR) is 193 cm³/mol. The number of para-hydroxylation sites is 2. The Morgan fingerprint density at radius 3 is 1.57 bits per heavy atom. The van der Waals surface area contributed by atoms with Crippen LogP contribution in [0.5, 0.6) is 0 Å². The lowest BCUT2D eigenvalue weighted by atomic mass is 9.96. The summed E-state index contributed by atoms with van der Waals surface area (Å²) < 4.78 is 6.33. The lowest BCUT2D eigenvalue weighted by Gasteiger charge is -2.29. The summed E-state index contributed by atoms with van der Waals surface area (Å²) in [5.74, 6) is 0.849. The first-order valence-corrected chi connectivity index (χ1v) is 15.6. The Labute approximate surface area is 269 Å². The maximum atomic E-state index is 6.33. The fourth-order valence-electron chi connectivity index (χ4n) is 6.21. The molecule has 2 heteroatoms. The Morgan fingerprint density at radius 2 is 0.891 bits per heavy atom. The second-order valence-electron chi connectivity index (χ2n) is 11.4. The van der Waals surface area contributed by atoms with Gasteiger partial charge in [0.1, 0.15) is 11.3 Å². The van der Waals surface area contributed by atoms with E-state index >= 15 is 0 Å². The van der Waals surface area contributed by atoms with Gasteiger partial charge in [-0.1, -0.05) is 140 Å². The third kappa shape index (κ3) is 5.38. The van der Waals surface area contributed by atoms with Gasteiger partial charge in [-0.05, 0) is 76.3 Å². The van der Waals surface area contributed by atoms with Crippen molar-refractivity contribution in [3.8, 4) is 44.7 Å². The molecule has 0 bridgehead atoms. The Morgan fingerprint density at radius 1 is 0.348 bits per heavy atom. The third-order valence-electron chi connectivity index (χ3n) is 8.43. The van der Waals surface area contributed by atoms with Gasteiger partial charge in [-0.25, -0.2) is 0 Å². The second kappa shape index (κ2) is 12.1. The normalized spacial score (nSPS) is 11.0. The van der Waals surface area contributed by atoms with Gasteiger partial charge in [0.05, 0.1) is 5.69 Å². The summed E-state index contributed by atoms with van der Waals surface area (Å²) in [6.07, 6.45) is 0. The van der Waals surface area contributed by atoms with E-state index in [9.17, 15) is 0 Å². The zero-order chi connectivity index (χ0) is 30.7. The van der Waals surface area contributed by atoms with E-state index in [1.807, 2.05) is 18.2 Å². The number of furan rings is 1. The quantitative estimate of drug-likeness (QED) is 0.184. The van der Waals surface area contributed by atoms with E-state index in [0.29, 0.717) is 0 Å². The highest BCUT2D eigenvalue weighted by Gasteiger charge is 2.20. The van der Waals surface area contributed by atoms with Crippen molar-refractivity contribution in [3.05, 3.63) is 188 Å². The van der Waals surface area contributed by atoms with Crippen LogP contribution in [0.2, 0.25) is 0 Å². The lowest BCUT2D eigenvalue weighted by Crippen LogP contribution is -2.11. The van der Waals surface area contributed by atoms with Crippen molar-refractivity contribution in [1.29, 1.82) is 0 Å². The predicted octanol–water partition coefficient (Wildman–Crippen LogP) is 12.6. The van der Waals surface area contributed by atoms with E-state index in [1.165, 1.54) is 16.7 Å². The first-order valence-electron chi connectivity index (χ1n) is 15.6. The molecule has 8 aromatic rings. The van der Waals surface area contributed by atoms with Crippen LogP contribution in [0.1, 0.15) is 0 Å². The molecule has 0 radical (unpaired) electrons. The summed E-state index contributed by atoms with van der Waals surface area (Å²) in [5.41, 5.74) is 12.1. The molecule has 2 nitrogen and oxygen atoms in total. The van der Waals surface area contributed by atoms with Crippen LogP contribution >= 0.6 is 0 Å². The Balaban J connectivity index is 1.37. The van der Waals surface area contributed by atoms with Gasteiger partial charge in [0.15, 0.2) is 0 Å². The number of benzene rings is 7. The first kappa shape index (κ1) is 27.4. The van der Waals surface area contributed by atoms with Crippen LogP contribution < -0.4 is 4.90 Å². The summed E-state index contributed by atoms with van der Waals surface area (Å²) in [6.45, 7) is 0. The molecule has 1 heterocycles. The van der Waals surface area contributed by atoms with Crippen LogP contribution in [0, 0.1) is 0 Å². The lowest BCUT2D eigenvalue weighted by molar-refractivity contribution is 0.631. The minimum atomic E-state index is 0.849. The fraction of sp³-hybridized carbons (Fsp3) is 0. The summed E-state index contributed by atoms with van der Waals surface area (Å²) in [7, 11) is 0. The second-order valence-corrected chi connectivity index (χ2v) is 11.4. The van der Waals surface area contributed by atoms with E-state index in [0.717, 1.165) is 56.0 Å². The molecule has 0 aliphatic heterocycles. The largest absolute Gasteiger partial charge is 0.456 e. The topological polar surface area (TPSA) is 16.4 Å². The fourth-order valence-corrected chi connectivity index (χ4v) is 6.21. The zero-order valence-electron chi connectivity index (χ0n) is 25.3. The Bertz CT molecular complexity index is 2160. The average molecular weight is 590 g/mol. The molecule has 218 valence electrons. The molecule has 46 heavy (non-hydrogen) atoms. The van der Waals surface area contributed by atoms with Crippen molar-refractivity contribution >= 4 is 28.0 Å². The monoisotopic (exact) mass is 589 g/mol. The smallest absolute Gasteiger partial charge is 0.135 e. The molecule has 0 atom stereocenters. The van der Waals surface area contributed by atoms with Crippen LogP contribution in [-0.2, 0) is 0 Å². The number of anilines is 3. The van der Waals surface area contributed by atoms with Crippen LogP contribution in [0.25, 0.3) is 55.7 Å². The molecule has 0 aliphatic carbocycles. The van der Waals surface area contributed by atoms with E-state index in [1.54, 1.807) is 0 Å². The highest BCUT2D eigenvalue weighted by Crippen LogP contribution is 2.44. The van der Waals surface area contributed by atoms with Gasteiger partial charge in [-0.2, -0.15) is 0 Å². The molecule has 0 unspecified atom stereocenters. The molecule has 0 amide bonds. The van der Waals surface area contributed by atoms with Crippen LogP contribution in [0.15, 0.2) is 192 Å².